The summed E-state index contributed by atoms with van der Waals surface area (Å²) in [6.07, 6.45) is 4.43. The fourth-order valence-corrected chi connectivity index (χ4v) is 1.84. The molecule has 1 heterocycles. The molecule has 0 aromatic heterocycles. The van der Waals surface area contributed by atoms with Crippen LogP contribution in [0.25, 0.3) is 0 Å². The molecule has 1 unspecified atom stereocenters. The number of para-hydroxylation sites is 1. The summed E-state index contributed by atoms with van der Waals surface area (Å²) in [4.78, 5) is 2.27. The Morgan fingerprint density at radius 2 is 2.20 bits per heavy atom. The highest BCUT2D eigenvalue weighted by molar-refractivity contribution is 5.46. The summed E-state index contributed by atoms with van der Waals surface area (Å²) in [6, 6.07) is 10.4. The van der Waals surface area contributed by atoms with Crippen LogP contribution in [-0.2, 0) is 4.74 Å². The van der Waals surface area contributed by atoms with Crippen molar-refractivity contribution in [3.05, 3.63) is 43.0 Å². The van der Waals surface area contributed by atoms with E-state index in [0.29, 0.717) is 12.8 Å². The van der Waals surface area contributed by atoms with Gasteiger partial charge in [0.15, 0.2) is 0 Å². The van der Waals surface area contributed by atoms with Crippen LogP contribution >= 0.6 is 0 Å². The summed E-state index contributed by atoms with van der Waals surface area (Å²) in [5.74, 6) is 0. The highest BCUT2D eigenvalue weighted by atomic mass is 16.5. The Morgan fingerprint density at radius 1 is 1.40 bits per heavy atom. The van der Waals surface area contributed by atoms with Gasteiger partial charge in [-0.05, 0) is 25.0 Å². The van der Waals surface area contributed by atoms with Gasteiger partial charge in [-0.2, -0.15) is 0 Å². The van der Waals surface area contributed by atoms with Crippen molar-refractivity contribution in [3.63, 3.8) is 0 Å². The van der Waals surface area contributed by atoms with Gasteiger partial charge in [0.2, 0.25) is 0 Å². The Labute approximate surface area is 91.2 Å². The molecular formula is C13H17NO. The molecule has 0 radical (unpaired) electrons. The molecule has 1 aliphatic rings. The van der Waals surface area contributed by atoms with Crippen LogP contribution in [0.1, 0.15) is 12.8 Å². The number of ether oxygens (including phenoxy) is 1. The van der Waals surface area contributed by atoms with Crippen LogP contribution in [0.3, 0.4) is 0 Å². The van der Waals surface area contributed by atoms with E-state index in [-0.39, 0.29) is 0 Å². The van der Waals surface area contributed by atoms with E-state index in [1.807, 2.05) is 12.1 Å². The van der Waals surface area contributed by atoms with E-state index >= 15 is 0 Å². The van der Waals surface area contributed by atoms with Crippen LogP contribution in [-0.4, -0.2) is 19.4 Å². The van der Waals surface area contributed by atoms with Gasteiger partial charge in [0.05, 0.1) is 6.10 Å². The number of anilines is 1. The van der Waals surface area contributed by atoms with Crippen molar-refractivity contribution in [2.75, 3.05) is 18.2 Å². The molecule has 1 aromatic carbocycles. The van der Waals surface area contributed by atoms with Gasteiger partial charge < -0.3 is 9.64 Å². The Kier molecular flexibility index (Phi) is 3.41. The van der Waals surface area contributed by atoms with Crippen LogP contribution in [0.5, 0.6) is 0 Å². The average molecular weight is 203 g/mol. The third kappa shape index (κ3) is 2.60. The van der Waals surface area contributed by atoms with E-state index in [9.17, 15) is 0 Å². The van der Waals surface area contributed by atoms with Crippen LogP contribution in [0.15, 0.2) is 43.0 Å². The Bertz CT molecular complexity index is 310. The highest BCUT2D eigenvalue weighted by Crippen LogP contribution is 2.20. The molecular weight excluding hydrogens is 186 g/mol. The first-order valence-electron chi connectivity index (χ1n) is 5.42. The minimum Gasteiger partial charge on any atom is -0.356 e. The summed E-state index contributed by atoms with van der Waals surface area (Å²) < 4.78 is 5.70. The third-order valence-corrected chi connectivity index (χ3v) is 2.70. The predicted molar refractivity (Wildman–Crippen MR) is 63.0 cm³/mol. The van der Waals surface area contributed by atoms with Crippen molar-refractivity contribution >= 4 is 5.69 Å². The first kappa shape index (κ1) is 10.2. The topological polar surface area (TPSA) is 12.5 Å². The molecule has 1 atom stereocenters. The van der Waals surface area contributed by atoms with Crippen LogP contribution < -0.4 is 4.90 Å². The molecule has 2 heteroatoms. The molecule has 80 valence electrons. The van der Waals surface area contributed by atoms with E-state index in [4.69, 9.17) is 4.74 Å². The SMILES string of the molecule is C=CCCC1CN(c2ccccc2)CO1. The van der Waals surface area contributed by atoms with Crippen molar-refractivity contribution < 1.29 is 4.74 Å². The summed E-state index contributed by atoms with van der Waals surface area (Å²) >= 11 is 0. The van der Waals surface area contributed by atoms with Crippen molar-refractivity contribution in [1.29, 1.82) is 0 Å². The lowest BCUT2D eigenvalue weighted by atomic mass is 10.2. The van der Waals surface area contributed by atoms with Gasteiger partial charge in [-0.25, -0.2) is 0 Å². The predicted octanol–water partition coefficient (Wildman–Crippen LogP) is 2.82. The molecule has 1 saturated heterocycles. The smallest absolute Gasteiger partial charge is 0.119 e. The molecule has 0 aliphatic carbocycles. The monoisotopic (exact) mass is 203 g/mol. The minimum absolute atomic E-state index is 0.364. The van der Waals surface area contributed by atoms with Gasteiger partial charge in [-0.3, -0.25) is 0 Å². The fraction of sp³-hybridized carbons (Fsp3) is 0.385. The van der Waals surface area contributed by atoms with E-state index in [1.165, 1.54) is 5.69 Å². The summed E-state index contributed by atoms with van der Waals surface area (Å²) in [5, 5.41) is 0. The van der Waals surface area contributed by atoms with Gasteiger partial charge >= 0.3 is 0 Å². The molecule has 0 bridgehead atoms. The molecule has 0 N–H and O–H groups in total. The summed E-state index contributed by atoms with van der Waals surface area (Å²) in [7, 11) is 0. The zero-order chi connectivity index (χ0) is 10.5. The van der Waals surface area contributed by atoms with E-state index < -0.39 is 0 Å². The van der Waals surface area contributed by atoms with E-state index in [2.05, 4.69) is 35.7 Å². The van der Waals surface area contributed by atoms with Crippen LogP contribution in [0.2, 0.25) is 0 Å². The number of hydrogen-bond donors (Lipinski definition) is 0. The number of hydrogen-bond acceptors (Lipinski definition) is 2. The number of rotatable bonds is 4. The normalized spacial score (nSPS) is 20.5. The Balaban J connectivity index is 1.90. The third-order valence-electron chi connectivity index (χ3n) is 2.70. The molecule has 1 aromatic rings. The Morgan fingerprint density at radius 3 is 2.93 bits per heavy atom. The second-order valence-electron chi connectivity index (χ2n) is 3.84. The van der Waals surface area contributed by atoms with E-state index in [0.717, 1.165) is 19.4 Å². The van der Waals surface area contributed by atoms with Gasteiger partial charge in [-0.15, -0.1) is 6.58 Å². The Hall–Kier alpha value is -1.28. The molecule has 2 nitrogen and oxygen atoms in total. The molecule has 1 aliphatic heterocycles. The quantitative estimate of drug-likeness (QED) is 0.698. The van der Waals surface area contributed by atoms with E-state index in [1.54, 1.807) is 0 Å². The molecule has 1 fully saturated rings. The fourth-order valence-electron chi connectivity index (χ4n) is 1.84. The molecule has 0 spiro atoms. The standard InChI is InChI=1S/C13H17NO/c1-2-3-9-13-10-14(11-15-13)12-7-5-4-6-8-12/h2,4-8,13H,1,3,9-11H2. The maximum absolute atomic E-state index is 5.70. The minimum atomic E-state index is 0.364. The second kappa shape index (κ2) is 4.99. The van der Waals surface area contributed by atoms with Crippen molar-refractivity contribution in [2.45, 2.75) is 18.9 Å². The van der Waals surface area contributed by atoms with Crippen molar-refractivity contribution in [3.8, 4) is 0 Å². The number of nitrogens with zero attached hydrogens (tertiary/aromatic N) is 1. The average Bonchev–Trinajstić information content (AvgIpc) is 2.76. The zero-order valence-corrected chi connectivity index (χ0v) is 8.93. The first-order valence-corrected chi connectivity index (χ1v) is 5.42. The molecule has 0 amide bonds. The molecule has 2 rings (SSSR count). The summed E-state index contributed by atoms with van der Waals surface area (Å²) in [5.41, 5.74) is 1.25. The van der Waals surface area contributed by atoms with Gasteiger partial charge in [0.25, 0.3) is 0 Å². The second-order valence-corrected chi connectivity index (χ2v) is 3.84. The molecule has 0 saturated carbocycles. The number of benzene rings is 1. The number of allylic oxidation sites excluding steroid dienone is 1. The zero-order valence-electron chi connectivity index (χ0n) is 8.93. The largest absolute Gasteiger partial charge is 0.356 e. The van der Waals surface area contributed by atoms with Gasteiger partial charge in [-0.1, -0.05) is 24.3 Å². The first-order chi connectivity index (χ1) is 7.40. The lowest BCUT2D eigenvalue weighted by Crippen LogP contribution is -2.21. The highest BCUT2D eigenvalue weighted by Gasteiger charge is 2.22. The lowest BCUT2D eigenvalue weighted by Gasteiger charge is -2.15. The summed E-state index contributed by atoms with van der Waals surface area (Å²) in [6.45, 7) is 5.44. The molecule has 15 heavy (non-hydrogen) atoms. The van der Waals surface area contributed by atoms with Gasteiger partial charge in [0, 0.05) is 12.2 Å². The van der Waals surface area contributed by atoms with Crippen LogP contribution in [0.4, 0.5) is 5.69 Å². The lowest BCUT2D eigenvalue weighted by molar-refractivity contribution is 0.110. The van der Waals surface area contributed by atoms with Crippen LogP contribution in [0, 0.1) is 0 Å². The maximum Gasteiger partial charge on any atom is 0.119 e. The van der Waals surface area contributed by atoms with Crippen molar-refractivity contribution in [1.82, 2.24) is 0 Å². The van der Waals surface area contributed by atoms with Gasteiger partial charge in [0.1, 0.15) is 6.73 Å². The van der Waals surface area contributed by atoms with Crippen molar-refractivity contribution in [2.24, 2.45) is 0 Å². The maximum atomic E-state index is 5.70.